The lowest BCUT2D eigenvalue weighted by molar-refractivity contribution is -0.147. The zero-order valence-electron chi connectivity index (χ0n) is 13.3. The molecule has 0 radical (unpaired) electrons. The van der Waals surface area contributed by atoms with Gasteiger partial charge in [0.1, 0.15) is 6.04 Å². The minimum atomic E-state index is -4.47. The highest BCUT2D eigenvalue weighted by Crippen LogP contribution is 2.43. The van der Waals surface area contributed by atoms with Crippen molar-refractivity contribution in [3.8, 4) is 11.5 Å². The molecule has 0 fully saturated rings. The lowest BCUT2D eigenvalue weighted by Crippen LogP contribution is -2.38. The third-order valence-corrected chi connectivity index (χ3v) is 4.93. The Morgan fingerprint density at radius 1 is 1.30 bits per heavy atom. The summed E-state index contributed by atoms with van der Waals surface area (Å²) in [4.78, 5) is 32.0. The molecule has 0 bridgehead atoms. The number of rotatable bonds is 5. The number of methoxy groups -OCH3 is 2. The Morgan fingerprint density at radius 2 is 1.87 bits per heavy atom. The molecule has 0 saturated heterocycles. The molecule has 8 nitrogen and oxygen atoms in total. The first kappa shape index (κ1) is 17.6. The average Bonchev–Trinajstić information content (AvgIpc) is 2.81. The van der Waals surface area contributed by atoms with Crippen LogP contribution in [0.15, 0.2) is 12.1 Å². The summed E-state index contributed by atoms with van der Waals surface area (Å²) in [6, 6.07) is 2.88. The Bertz CT molecular complexity index is 657. The maximum atomic E-state index is 12.2. The summed E-state index contributed by atoms with van der Waals surface area (Å²) in [5.41, 5.74) is 1.66. The zero-order chi connectivity index (χ0) is 17.4. The van der Waals surface area contributed by atoms with E-state index >= 15 is 0 Å². The number of esters is 1. The van der Waals surface area contributed by atoms with Gasteiger partial charge in [-0.3, -0.25) is 4.57 Å². The van der Waals surface area contributed by atoms with Crippen molar-refractivity contribution >= 4 is 19.3 Å². The van der Waals surface area contributed by atoms with E-state index in [1.165, 1.54) is 21.1 Å². The molecule has 128 valence electrons. The third kappa shape index (κ3) is 3.44. The SMILES string of the molecule is COc1cc2c(cc1OC)N(C)C(C(=O)OC(C)P(=O)(O)O)C2. The van der Waals surface area contributed by atoms with E-state index in [-0.39, 0.29) is 0 Å². The van der Waals surface area contributed by atoms with Gasteiger partial charge in [-0.15, -0.1) is 0 Å². The fourth-order valence-electron chi connectivity index (χ4n) is 2.47. The molecule has 2 N–H and O–H groups in total. The summed E-state index contributed by atoms with van der Waals surface area (Å²) in [6.45, 7) is 1.17. The van der Waals surface area contributed by atoms with Gasteiger partial charge in [0.25, 0.3) is 0 Å². The molecule has 9 heteroatoms. The van der Waals surface area contributed by atoms with Gasteiger partial charge in [-0.25, -0.2) is 4.79 Å². The smallest absolute Gasteiger partial charge is 0.365 e. The van der Waals surface area contributed by atoms with Crippen LogP contribution in [0.5, 0.6) is 11.5 Å². The van der Waals surface area contributed by atoms with Crippen LogP contribution in [0.3, 0.4) is 0 Å². The molecular weight excluding hydrogens is 325 g/mol. The average molecular weight is 345 g/mol. The fourth-order valence-corrected chi connectivity index (χ4v) is 2.71. The molecule has 0 spiro atoms. The highest BCUT2D eigenvalue weighted by molar-refractivity contribution is 7.52. The van der Waals surface area contributed by atoms with E-state index in [4.69, 9.17) is 24.0 Å². The molecular formula is C14H20NO7P. The minimum Gasteiger partial charge on any atom is -0.493 e. The van der Waals surface area contributed by atoms with Crippen LogP contribution in [0.1, 0.15) is 12.5 Å². The molecule has 2 rings (SSSR count). The van der Waals surface area contributed by atoms with E-state index in [0.29, 0.717) is 17.9 Å². The number of hydrogen-bond acceptors (Lipinski definition) is 6. The van der Waals surface area contributed by atoms with E-state index in [2.05, 4.69) is 0 Å². The van der Waals surface area contributed by atoms with E-state index in [9.17, 15) is 9.36 Å². The van der Waals surface area contributed by atoms with Gasteiger partial charge in [-0.2, -0.15) is 0 Å². The number of fused-ring (bicyclic) bond motifs is 1. The van der Waals surface area contributed by atoms with Crippen LogP contribution in [-0.4, -0.2) is 48.9 Å². The largest absolute Gasteiger partial charge is 0.493 e. The number of likely N-dealkylation sites (N-methyl/N-ethyl adjacent to an activating group) is 1. The fraction of sp³-hybridized carbons (Fsp3) is 0.500. The lowest BCUT2D eigenvalue weighted by Gasteiger charge is -2.23. The van der Waals surface area contributed by atoms with Crippen molar-refractivity contribution in [3.63, 3.8) is 0 Å². The number of hydrogen-bond donors (Lipinski definition) is 2. The molecule has 23 heavy (non-hydrogen) atoms. The van der Waals surface area contributed by atoms with Gasteiger partial charge >= 0.3 is 13.6 Å². The number of benzene rings is 1. The van der Waals surface area contributed by atoms with Crippen LogP contribution in [0.2, 0.25) is 0 Å². The molecule has 1 aromatic rings. The zero-order valence-corrected chi connectivity index (χ0v) is 14.2. The van der Waals surface area contributed by atoms with Crippen molar-refractivity contribution in [1.29, 1.82) is 0 Å². The van der Waals surface area contributed by atoms with E-state index in [0.717, 1.165) is 11.3 Å². The second-order valence-corrected chi connectivity index (χ2v) is 7.20. The van der Waals surface area contributed by atoms with Crippen LogP contribution in [-0.2, 0) is 20.5 Å². The quantitative estimate of drug-likeness (QED) is 0.604. The molecule has 0 saturated carbocycles. The standard InChI is InChI=1S/C14H20NO7P/c1-8(23(17,18)19)22-14(16)11-5-9-6-12(20-3)13(21-4)7-10(9)15(11)2/h6-8,11H,5H2,1-4H3,(H2,17,18,19). The van der Waals surface area contributed by atoms with Gasteiger partial charge in [-0.05, 0) is 18.6 Å². The van der Waals surface area contributed by atoms with Crippen LogP contribution in [0, 0.1) is 0 Å². The van der Waals surface area contributed by atoms with Crippen LogP contribution < -0.4 is 14.4 Å². The van der Waals surface area contributed by atoms with Gasteiger partial charge in [0.2, 0.25) is 0 Å². The third-order valence-electron chi connectivity index (χ3n) is 3.88. The van der Waals surface area contributed by atoms with Gasteiger partial charge in [0, 0.05) is 25.2 Å². The normalized spacial score (nSPS) is 18.3. The van der Waals surface area contributed by atoms with E-state index in [1.807, 2.05) is 0 Å². The van der Waals surface area contributed by atoms with Gasteiger partial charge in [0.15, 0.2) is 17.3 Å². The molecule has 0 aliphatic carbocycles. The number of carbonyl (C=O) groups is 1. The summed E-state index contributed by atoms with van der Waals surface area (Å²) in [5.74, 6) is -1.07. The van der Waals surface area contributed by atoms with Crippen molar-refractivity contribution in [2.45, 2.75) is 25.2 Å². The first-order valence-corrected chi connectivity index (χ1v) is 8.60. The Balaban J connectivity index is 2.22. The molecule has 1 aliphatic rings. The molecule has 0 amide bonds. The second kappa shape index (κ2) is 6.39. The Morgan fingerprint density at radius 3 is 2.39 bits per heavy atom. The number of anilines is 1. The van der Waals surface area contributed by atoms with Crippen molar-refractivity contribution in [3.05, 3.63) is 17.7 Å². The minimum absolute atomic E-state index is 0.360. The maximum Gasteiger partial charge on any atom is 0.365 e. The topological polar surface area (TPSA) is 106 Å². The monoisotopic (exact) mass is 345 g/mol. The van der Waals surface area contributed by atoms with Crippen LogP contribution in [0.4, 0.5) is 5.69 Å². The first-order valence-electron chi connectivity index (χ1n) is 6.92. The number of ether oxygens (including phenoxy) is 3. The van der Waals surface area contributed by atoms with Gasteiger partial charge in [-0.1, -0.05) is 0 Å². The summed E-state index contributed by atoms with van der Waals surface area (Å²) >= 11 is 0. The first-order chi connectivity index (χ1) is 10.7. The van der Waals surface area contributed by atoms with Gasteiger partial charge in [0.05, 0.1) is 14.2 Å². The van der Waals surface area contributed by atoms with E-state index < -0.39 is 25.5 Å². The summed E-state index contributed by atoms with van der Waals surface area (Å²) < 4.78 is 26.5. The molecule has 0 aromatic heterocycles. The summed E-state index contributed by atoms with van der Waals surface area (Å²) in [5, 5.41) is 0. The molecule has 1 aliphatic heterocycles. The molecule has 2 unspecified atom stereocenters. The summed E-state index contributed by atoms with van der Waals surface area (Å²) in [7, 11) is 0.288. The molecule has 1 heterocycles. The predicted octanol–water partition coefficient (Wildman–Crippen LogP) is 1.13. The van der Waals surface area contributed by atoms with Crippen molar-refractivity contribution in [2.24, 2.45) is 0 Å². The Hall–Kier alpha value is -1.76. The lowest BCUT2D eigenvalue weighted by atomic mass is 10.1. The van der Waals surface area contributed by atoms with Crippen molar-refractivity contribution in [2.75, 3.05) is 26.2 Å². The van der Waals surface area contributed by atoms with Crippen molar-refractivity contribution in [1.82, 2.24) is 0 Å². The second-order valence-electron chi connectivity index (χ2n) is 5.29. The number of nitrogens with zero attached hydrogens (tertiary/aromatic N) is 1. The van der Waals surface area contributed by atoms with E-state index in [1.54, 1.807) is 24.1 Å². The maximum absolute atomic E-state index is 12.2. The highest BCUT2D eigenvalue weighted by atomic mass is 31.2. The summed E-state index contributed by atoms with van der Waals surface area (Å²) in [6.07, 6.45) is 0.360. The number of carbonyl (C=O) groups excluding carboxylic acids is 1. The van der Waals surface area contributed by atoms with Gasteiger partial charge < -0.3 is 28.9 Å². The molecule has 2 atom stereocenters. The van der Waals surface area contributed by atoms with Crippen molar-refractivity contribution < 1.29 is 33.4 Å². The highest BCUT2D eigenvalue weighted by Gasteiger charge is 2.37. The predicted molar refractivity (Wildman–Crippen MR) is 83.0 cm³/mol. The Kier molecular flexibility index (Phi) is 4.89. The van der Waals surface area contributed by atoms with Crippen LogP contribution in [0.25, 0.3) is 0 Å². The molecule has 1 aromatic carbocycles. The Labute approximate surface area is 134 Å². The van der Waals surface area contributed by atoms with Crippen LogP contribution >= 0.6 is 7.60 Å².